The number of thioether (sulfide) groups is 2. The minimum Gasteiger partial charge on any atom is -0.477 e. The number of rotatable bonds is 10. The molecule has 0 aromatic rings. The van der Waals surface area contributed by atoms with Crippen molar-refractivity contribution in [3.05, 3.63) is 10.6 Å². The van der Waals surface area contributed by atoms with E-state index in [-0.39, 0.29) is 46.5 Å². The molecule has 3 aliphatic heterocycles. The lowest BCUT2D eigenvalue weighted by Crippen LogP contribution is -2.63. The first-order valence-electron chi connectivity index (χ1n) is 10.2. The lowest BCUT2D eigenvalue weighted by molar-refractivity contribution is -0.163. The molecule has 31 heavy (non-hydrogen) atoms. The van der Waals surface area contributed by atoms with E-state index in [1.807, 2.05) is 6.92 Å². The van der Waals surface area contributed by atoms with Crippen LogP contribution in [-0.2, 0) is 14.4 Å². The molecule has 7 atom stereocenters. The topological polar surface area (TPSA) is 159 Å². The monoisotopic (exact) mass is 475 g/mol. The number of nitrogens with one attached hydrogen (secondary N) is 2. The largest absolute Gasteiger partial charge is 0.477 e. The zero-order valence-electron chi connectivity index (χ0n) is 17.4. The number of hydrogen-bond acceptors (Lipinski definition) is 9. The van der Waals surface area contributed by atoms with Crippen LogP contribution in [0, 0.1) is 11.8 Å². The second kappa shape index (κ2) is 10.1. The third-order valence-corrected chi connectivity index (χ3v) is 8.45. The molecule has 0 spiro atoms. The summed E-state index contributed by atoms with van der Waals surface area (Å²) < 4.78 is 0. The van der Waals surface area contributed by atoms with Gasteiger partial charge in [0.1, 0.15) is 11.9 Å². The summed E-state index contributed by atoms with van der Waals surface area (Å²) in [6, 6.07) is -0.151. The second-order valence-corrected chi connectivity index (χ2v) is 10.5. The molecule has 0 aromatic heterocycles. The van der Waals surface area contributed by atoms with Gasteiger partial charge in [0.15, 0.2) is 0 Å². The van der Waals surface area contributed by atoms with Crippen molar-refractivity contribution in [1.29, 1.82) is 0 Å². The van der Waals surface area contributed by atoms with E-state index in [4.69, 9.17) is 5.11 Å². The molecule has 10 nitrogen and oxygen atoms in total. The molecule has 0 radical (unpaired) electrons. The van der Waals surface area contributed by atoms with Gasteiger partial charge >= 0.3 is 5.97 Å². The first-order valence-corrected chi connectivity index (χ1v) is 12.2. The molecule has 2 saturated heterocycles. The van der Waals surface area contributed by atoms with Crippen molar-refractivity contribution >= 4 is 41.3 Å². The standard InChI is InChI=1S/C19H29N3O7S2/c1-8-15-14(9(2)24)18(27)22(15)16(19(28)29)17(8)31-11-3-10(20-4-11)6-30-7-13(26)21-12(25)5-23/h8-12,14-15,20,23-25H,3-7H2,1-2H3,(H,21,26)(H,28,29)/t8-,9-,10+,11+,12?,14-,15-/m1/s1. The number of amides is 2. The molecule has 2 amide bonds. The number of β-lactam (4-membered cyclic amide) rings is 1. The van der Waals surface area contributed by atoms with Crippen LogP contribution in [0.15, 0.2) is 10.6 Å². The number of aliphatic carboxylic acids is 1. The normalized spacial score (nSPS) is 32.0. The Bertz CT molecular complexity index is 763. The average molecular weight is 476 g/mol. The van der Waals surface area contributed by atoms with Gasteiger partial charge in [-0.15, -0.1) is 11.8 Å². The minimum absolute atomic E-state index is 0.0429. The van der Waals surface area contributed by atoms with Crippen LogP contribution >= 0.6 is 23.5 Å². The summed E-state index contributed by atoms with van der Waals surface area (Å²) in [5, 5.41) is 43.4. The predicted molar refractivity (Wildman–Crippen MR) is 116 cm³/mol. The summed E-state index contributed by atoms with van der Waals surface area (Å²) in [7, 11) is 0. The zero-order valence-corrected chi connectivity index (χ0v) is 19.0. The molecule has 0 aliphatic carbocycles. The van der Waals surface area contributed by atoms with Gasteiger partial charge < -0.3 is 36.0 Å². The second-order valence-electron chi connectivity index (χ2n) is 8.13. The molecule has 12 heteroatoms. The quantitative estimate of drug-likeness (QED) is 0.167. The summed E-state index contributed by atoms with van der Waals surface area (Å²) in [5.74, 6) is -1.68. The molecule has 3 heterocycles. The fourth-order valence-electron chi connectivity index (χ4n) is 4.42. The highest BCUT2D eigenvalue weighted by molar-refractivity contribution is 8.03. The van der Waals surface area contributed by atoms with Crippen LogP contribution in [0.5, 0.6) is 0 Å². The maximum Gasteiger partial charge on any atom is 0.353 e. The Kier molecular flexibility index (Phi) is 7.92. The Morgan fingerprint density at radius 2 is 2.06 bits per heavy atom. The Balaban J connectivity index is 1.54. The molecule has 1 unspecified atom stereocenters. The maximum absolute atomic E-state index is 12.4. The Morgan fingerprint density at radius 3 is 2.68 bits per heavy atom. The van der Waals surface area contributed by atoms with Crippen LogP contribution < -0.4 is 10.6 Å². The predicted octanol–water partition coefficient (Wildman–Crippen LogP) is -1.24. The fourth-order valence-corrected chi connectivity index (χ4v) is 6.87. The molecular weight excluding hydrogens is 446 g/mol. The van der Waals surface area contributed by atoms with E-state index in [0.717, 1.165) is 6.42 Å². The van der Waals surface area contributed by atoms with Crippen molar-refractivity contribution in [2.45, 2.75) is 49.9 Å². The van der Waals surface area contributed by atoms with E-state index in [1.54, 1.807) is 6.92 Å². The third kappa shape index (κ3) is 5.04. The highest BCUT2D eigenvalue weighted by Gasteiger charge is 2.60. The van der Waals surface area contributed by atoms with Gasteiger partial charge in [-0.1, -0.05) is 6.92 Å². The van der Waals surface area contributed by atoms with Crippen molar-refractivity contribution in [2.75, 3.05) is 24.7 Å². The highest BCUT2D eigenvalue weighted by Crippen LogP contribution is 2.51. The Hall–Kier alpha value is -1.31. The Labute approximate surface area is 188 Å². The van der Waals surface area contributed by atoms with Gasteiger partial charge in [-0.25, -0.2) is 4.79 Å². The van der Waals surface area contributed by atoms with E-state index in [0.29, 0.717) is 17.2 Å². The summed E-state index contributed by atoms with van der Waals surface area (Å²) in [6.45, 7) is 3.62. The van der Waals surface area contributed by atoms with E-state index in [9.17, 15) is 29.7 Å². The maximum atomic E-state index is 12.4. The number of nitrogens with zero attached hydrogens (tertiary/aromatic N) is 1. The minimum atomic E-state index is -1.25. The van der Waals surface area contributed by atoms with Crippen LogP contribution in [0.25, 0.3) is 0 Å². The summed E-state index contributed by atoms with van der Waals surface area (Å²) >= 11 is 2.90. The van der Waals surface area contributed by atoms with Crippen LogP contribution in [0.3, 0.4) is 0 Å². The Morgan fingerprint density at radius 1 is 1.35 bits per heavy atom. The summed E-state index contributed by atoms with van der Waals surface area (Å²) in [5.41, 5.74) is 0.0429. The van der Waals surface area contributed by atoms with E-state index in [1.165, 1.54) is 28.4 Å². The molecular formula is C19H29N3O7S2. The van der Waals surface area contributed by atoms with Gasteiger partial charge in [0, 0.05) is 34.4 Å². The first kappa shape index (κ1) is 24.3. The number of aliphatic hydroxyl groups excluding tert-OH is 3. The van der Waals surface area contributed by atoms with E-state index in [2.05, 4.69) is 10.6 Å². The number of aliphatic hydroxyl groups is 3. The van der Waals surface area contributed by atoms with Crippen molar-refractivity contribution in [1.82, 2.24) is 15.5 Å². The summed E-state index contributed by atoms with van der Waals surface area (Å²) in [4.78, 5) is 38.0. The van der Waals surface area contributed by atoms with Crippen molar-refractivity contribution in [2.24, 2.45) is 11.8 Å². The molecule has 3 aliphatic rings. The number of fused-ring (bicyclic) bond motifs is 1. The van der Waals surface area contributed by atoms with E-state index < -0.39 is 30.8 Å². The van der Waals surface area contributed by atoms with Gasteiger partial charge in [0.25, 0.3) is 0 Å². The summed E-state index contributed by atoms with van der Waals surface area (Å²) in [6.07, 6.45) is -1.28. The number of carbonyl (C=O) groups is 3. The van der Waals surface area contributed by atoms with Crippen LogP contribution in [-0.4, -0.2) is 97.4 Å². The molecule has 0 saturated carbocycles. The number of carboxylic acid groups (broad SMARTS) is 1. The lowest BCUT2D eigenvalue weighted by Gasteiger charge is -2.46. The molecule has 0 aromatic carbocycles. The number of hydrogen-bond donors (Lipinski definition) is 6. The first-order chi connectivity index (χ1) is 14.6. The van der Waals surface area contributed by atoms with E-state index >= 15 is 0 Å². The smallest absolute Gasteiger partial charge is 0.353 e. The van der Waals surface area contributed by atoms with Crippen molar-refractivity contribution in [3.8, 4) is 0 Å². The number of carboxylic acids is 1. The van der Waals surface area contributed by atoms with Gasteiger partial charge in [-0.2, -0.15) is 11.8 Å². The van der Waals surface area contributed by atoms with Gasteiger partial charge in [-0.3, -0.25) is 9.59 Å². The molecule has 3 rings (SSSR count). The van der Waals surface area contributed by atoms with Crippen molar-refractivity contribution in [3.63, 3.8) is 0 Å². The molecule has 174 valence electrons. The lowest BCUT2D eigenvalue weighted by atomic mass is 9.79. The molecule has 0 bridgehead atoms. The van der Waals surface area contributed by atoms with Crippen LogP contribution in [0.2, 0.25) is 0 Å². The third-order valence-electron chi connectivity index (χ3n) is 5.84. The van der Waals surface area contributed by atoms with Gasteiger partial charge in [-0.05, 0) is 13.3 Å². The van der Waals surface area contributed by atoms with Crippen molar-refractivity contribution < 1.29 is 34.8 Å². The van der Waals surface area contributed by atoms with Gasteiger partial charge in [0.2, 0.25) is 11.8 Å². The average Bonchev–Trinajstić information content (AvgIpc) is 3.23. The molecule has 6 N–H and O–H groups in total. The van der Waals surface area contributed by atoms with Gasteiger partial charge in [0.05, 0.1) is 30.4 Å². The number of carbonyl (C=O) groups excluding carboxylic acids is 2. The zero-order chi connectivity index (χ0) is 22.9. The highest BCUT2D eigenvalue weighted by atomic mass is 32.2. The SMILES string of the molecule is C[C@@H](O)[C@H]1C(=O)N2C(C(=O)O)=C(S[C@@H]3CN[C@H](CSCC(=O)NC(O)CO)C3)[C@H](C)[C@H]12. The van der Waals surface area contributed by atoms with Crippen LogP contribution in [0.4, 0.5) is 0 Å². The van der Waals surface area contributed by atoms with Crippen LogP contribution in [0.1, 0.15) is 20.3 Å². The molecule has 2 fully saturated rings. The fraction of sp³-hybridized carbons (Fsp3) is 0.737.